The lowest BCUT2D eigenvalue weighted by molar-refractivity contribution is -0.133. The van der Waals surface area contributed by atoms with Crippen LogP contribution in [0.3, 0.4) is 0 Å². The fourth-order valence-corrected chi connectivity index (χ4v) is 3.56. The highest BCUT2D eigenvalue weighted by Gasteiger charge is 2.26. The molecule has 0 aliphatic carbocycles. The van der Waals surface area contributed by atoms with Crippen molar-refractivity contribution in [2.75, 3.05) is 32.7 Å². The molecule has 0 spiro atoms. The number of nitrogens with two attached hydrogens (primary N) is 1. The molecule has 1 amide bonds. The number of halogens is 2. The number of amides is 1. The second kappa shape index (κ2) is 11.5. The highest BCUT2D eigenvalue weighted by atomic mass is 35.5. The van der Waals surface area contributed by atoms with E-state index in [1.165, 1.54) is 45.3 Å². The van der Waals surface area contributed by atoms with E-state index in [1.807, 2.05) is 6.92 Å². The third-order valence-electron chi connectivity index (χ3n) is 5.08. The molecule has 6 heteroatoms. The lowest BCUT2D eigenvalue weighted by Gasteiger charge is -2.38. The number of rotatable bonds is 5. The molecule has 23 heavy (non-hydrogen) atoms. The number of hydrogen-bond donors (Lipinski definition) is 1. The predicted molar refractivity (Wildman–Crippen MR) is 102 cm³/mol. The van der Waals surface area contributed by atoms with Gasteiger partial charge in [0.2, 0.25) is 5.91 Å². The van der Waals surface area contributed by atoms with Crippen LogP contribution in [-0.2, 0) is 4.79 Å². The predicted octanol–water partition coefficient (Wildman–Crippen LogP) is 2.93. The Bertz CT molecular complexity index is 334. The van der Waals surface area contributed by atoms with Gasteiger partial charge in [0.25, 0.3) is 0 Å². The highest BCUT2D eigenvalue weighted by Crippen LogP contribution is 2.22. The quantitative estimate of drug-likeness (QED) is 0.812. The standard InChI is InChI=1S/C17H33N3O.2ClH/c1-14-7-10-19(11-8-14)12-16-4-3-9-20(13-16)17(21)6-5-15(2)18;;/h14-16H,3-13,18H2,1-2H3;2*1H. The molecule has 0 aromatic rings. The molecule has 2 atom stereocenters. The van der Waals surface area contributed by atoms with Crippen LogP contribution >= 0.6 is 24.8 Å². The van der Waals surface area contributed by atoms with Crippen molar-refractivity contribution in [3.8, 4) is 0 Å². The Kier molecular flexibility index (Phi) is 11.5. The van der Waals surface area contributed by atoms with Crippen molar-refractivity contribution in [2.45, 2.75) is 58.4 Å². The third-order valence-corrected chi connectivity index (χ3v) is 5.08. The molecule has 2 saturated heterocycles. The second-order valence-corrected chi connectivity index (χ2v) is 7.35. The summed E-state index contributed by atoms with van der Waals surface area (Å²) in [7, 11) is 0. The average molecular weight is 368 g/mol. The maximum absolute atomic E-state index is 12.2. The summed E-state index contributed by atoms with van der Waals surface area (Å²) in [6.07, 6.45) is 6.55. The van der Waals surface area contributed by atoms with E-state index in [9.17, 15) is 4.79 Å². The normalized spacial score (nSPS) is 24.5. The summed E-state index contributed by atoms with van der Waals surface area (Å²) in [6.45, 7) is 9.92. The Hall–Kier alpha value is -0.0300. The minimum Gasteiger partial charge on any atom is -0.342 e. The second-order valence-electron chi connectivity index (χ2n) is 7.35. The van der Waals surface area contributed by atoms with Crippen LogP contribution in [0.2, 0.25) is 0 Å². The molecule has 0 aromatic carbocycles. The summed E-state index contributed by atoms with van der Waals surface area (Å²) in [5, 5.41) is 0. The molecule has 4 nitrogen and oxygen atoms in total. The van der Waals surface area contributed by atoms with Crippen molar-refractivity contribution in [1.29, 1.82) is 0 Å². The molecular weight excluding hydrogens is 333 g/mol. The molecule has 2 unspecified atom stereocenters. The molecule has 0 aromatic heterocycles. The van der Waals surface area contributed by atoms with Crippen molar-refractivity contribution in [3.05, 3.63) is 0 Å². The van der Waals surface area contributed by atoms with Gasteiger partial charge in [-0.15, -0.1) is 24.8 Å². The van der Waals surface area contributed by atoms with Gasteiger partial charge in [0.1, 0.15) is 0 Å². The Labute approximate surface area is 154 Å². The lowest BCUT2D eigenvalue weighted by atomic mass is 9.94. The van der Waals surface area contributed by atoms with Gasteiger partial charge < -0.3 is 15.5 Å². The van der Waals surface area contributed by atoms with Gasteiger partial charge in [-0.05, 0) is 64.0 Å². The van der Waals surface area contributed by atoms with E-state index in [-0.39, 0.29) is 30.9 Å². The van der Waals surface area contributed by atoms with Crippen LogP contribution in [0.25, 0.3) is 0 Å². The molecule has 2 aliphatic heterocycles. The van der Waals surface area contributed by atoms with Gasteiger partial charge in [-0.2, -0.15) is 0 Å². The number of carbonyl (C=O) groups is 1. The summed E-state index contributed by atoms with van der Waals surface area (Å²) >= 11 is 0. The Balaban J connectivity index is 0.00000242. The molecule has 0 radical (unpaired) electrons. The fraction of sp³-hybridized carbons (Fsp3) is 0.941. The largest absolute Gasteiger partial charge is 0.342 e. The monoisotopic (exact) mass is 367 g/mol. The fourth-order valence-electron chi connectivity index (χ4n) is 3.56. The van der Waals surface area contributed by atoms with Gasteiger partial charge in [-0.1, -0.05) is 6.92 Å². The van der Waals surface area contributed by atoms with Gasteiger partial charge in [-0.3, -0.25) is 4.79 Å². The first-order valence-corrected chi connectivity index (χ1v) is 8.80. The van der Waals surface area contributed by atoms with E-state index >= 15 is 0 Å². The van der Waals surface area contributed by atoms with E-state index < -0.39 is 0 Å². The Morgan fingerprint density at radius 3 is 2.43 bits per heavy atom. The zero-order valence-electron chi connectivity index (χ0n) is 14.7. The first kappa shape index (κ1) is 23.0. The topological polar surface area (TPSA) is 49.6 Å². The zero-order chi connectivity index (χ0) is 15.2. The highest BCUT2D eigenvalue weighted by molar-refractivity contribution is 5.85. The first-order valence-electron chi connectivity index (χ1n) is 8.80. The van der Waals surface area contributed by atoms with Crippen LogP contribution in [0.5, 0.6) is 0 Å². The molecule has 2 heterocycles. The summed E-state index contributed by atoms with van der Waals surface area (Å²) in [5.41, 5.74) is 5.75. The van der Waals surface area contributed by atoms with Gasteiger partial charge in [0, 0.05) is 32.1 Å². The molecule has 0 bridgehead atoms. The molecular formula is C17H35Cl2N3O. The van der Waals surface area contributed by atoms with E-state index in [4.69, 9.17) is 5.73 Å². The van der Waals surface area contributed by atoms with Gasteiger partial charge in [0.05, 0.1) is 0 Å². The van der Waals surface area contributed by atoms with E-state index in [1.54, 1.807) is 0 Å². The lowest BCUT2D eigenvalue weighted by Crippen LogP contribution is -2.45. The number of hydrogen-bond acceptors (Lipinski definition) is 3. The van der Waals surface area contributed by atoms with Crippen LogP contribution in [0.4, 0.5) is 0 Å². The first-order chi connectivity index (χ1) is 10.0. The van der Waals surface area contributed by atoms with E-state index in [2.05, 4.69) is 16.7 Å². The Morgan fingerprint density at radius 1 is 1.17 bits per heavy atom. The van der Waals surface area contributed by atoms with Gasteiger partial charge >= 0.3 is 0 Å². The minimum atomic E-state index is 0. The van der Waals surface area contributed by atoms with Gasteiger partial charge in [0.15, 0.2) is 0 Å². The number of carbonyl (C=O) groups excluding carboxylic acids is 1. The molecule has 2 rings (SSSR count). The van der Waals surface area contributed by atoms with Crippen LogP contribution in [0, 0.1) is 11.8 Å². The molecule has 2 aliphatic rings. The van der Waals surface area contributed by atoms with E-state index in [0.717, 1.165) is 25.4 Å². The van der Waals surface area contributed by atoms with Crippen LogP contribution in [0.15, 0.2) is 0 Å². The molecule has 138 valence electrons. The maximum Gasteiger partial charge on any atom is 0.222 e. The summed E-state index contributed by atoms with van der Waals surface area (Å²) in [4.78, 5) is 16.9. The Morgan fingerprint density at radius 2 is 1.83 bits per heavy atom. The van der Waals surface area contributed by atoms with Crippen molar-refractivity contribution in [3.63, 3.8) is 0 Å². The third kappa shape index (κ3) is 8.06. The zero-order valence-corrected chi connectivity index (χ0v) is 16.3. The minimum absolute atomic E-state index is 0. The van der Waals surface area contributed by atoms with Crippen LogP contribution in [0.1, 0.15) is 52.4 Å². The molecule has 2 fully saturated rings. The van der Waals surface area contributed by atoms with Crippen LogP contribution in [-0.4, -0.2) is 54.5 Å². The van der Waals surface area contributed by atoms with Crippen molar-refractivity contribution in [1.82, 2.24) is 9.80 Å². The molecule has 2 N–H and O–H groups in total. The van der Waals surface area contributed by atoms with Crippen molar-refractivity contribution in [2.24, 2.45) is 17.6 Å². The smallest absolute Gasteiger partial charge is 0.222 e. The summed E-state index contributed by atoms with van der Waals surface area (Å²) in [5.74, 6) is 1.87. The summed E-state index contributed by atoms with van der Waals surface area (Å²) < 4.78 is 0. The number of piperidine rings is 2. The van der Waals surface area contributed by atoms with Crippen molar-refractivity contribution >= 4 is 30.7 Å². The van der Waals surface area contributed by atoms with Crippen molar-refractivity contribution < 1.29 is 4.79 Å². The van der Waals surface area contributed by atoms with E-state index in [0.29, 0.717) is 18.2 Å². The summed E-state index contributed by atoms with van der Waals surface area (Å²) in [6, 6.07) is 0.130. The number of nitrogens with zero attached hydrogens (tertiary/aromatic N) is 2. The average Bonchev–Trinajstić information content (AvgIpc) is 2.47. The van der Waals surface area contributed by atoms with Crippen LogP contribution < -0.4 is 5.73 Å². The maximum atomic E-state index is 12.2. The SMILES string of the molecule is CC(N)CCC(=O)N1CCCC(CN2CCC(C)CC2)C1.Cl.Cl. The molecule has 0 saturated carbocycles. The number of likely N-dealkylation sites (tertiary alicyclic amines) is 2. The van der Waals surface area contributed by atoms with Gasteiger partial charge in [-0.25, -0.2) is 0 Å².